The van der Waals surface area contributed by atoms with E-state index in [-0.39, 0.29) is 73.7 Å². The average molecular weight is 564 g/mol. The first-order chi connectivity index (χ1) is 14.1. The van der Waals surface area contributed by atoms with Crippen molar-refractivity contribution in [2.24, 2.45) is 0 Å². The van der Waals surface area contributed by atoms with Gasteiger partial charge < -0.3 is 33.9 Å². The van der Waals surface area contributed by atoms with Gasteiger partial charge in [-0.2, -0.15) is 0 Å². The van der Waals surface area contributed by atoms with Crippen LogP contribution in [0.15, 0.2) is 24.3 Å². The van der Waals surface area contributed by atoms with Gasteiger partial charge in [0.15, 0.2) is 0 Å². The van der Waals surface area contributed by atoms with E-state index >= 15 is 0 Å². The number of rotatable bonds is 7. The summed E-state index contributed by atoms with van der Waals surface area (Å²) in [5.74, 6) is -2.00. The Bertz CT molecular complexity index is 686. The van der Waals surface area contributed by atoms with E-state index in [1.807, 2.05) is 6.92 Å². The quantitative estimate of drug-likeness (QED) is 0.303. The Morgan fingerprint density at radius 2 is 0.788 bits per heavy atom. The molecule has 0 fully saturated rings. The van der Waals surface area contributed by atoms with Crippen molar-refractivity contribution in [3.8, 4) is 0 Å². The van der Waals surface area contributed by atoms with Crippen LogP contribution >= 0.6 is 0 Å². The Kier molecular flexibility index (Phi) is 30.0. The summed E-state index contributed by atoms with van der Waals surface area (Å²) in [6, 6.07) is 6.75. The first kappa shape index (κ1) is 40.9. The monoisotopic (exact) mass is 561 g/mol. The number of carbonyl (C=O) groups is 7. The first-order valence-corrected chi connectivity index (χ1v) is 8.96. The molecule has 0 unspecified atom stereocenters. The second kappa shape index (κ2) is 24.2. The summed E-state index contributed by atoms with van der Waals surface area (Å²) < 4.78 is 0. The van der Waals surface area contributed by atoms with Crippen molar-refractivity contribution in [2.45, 2.75) is 48.5 Å². The molecule has 0 amide bonds. The Hall–Kier alpha value is -2.43. The van der Waals surface area contributed by atoms with E-state index in [2.05, 4.69) is 0 Å². The van der Waals surface area contributed by atoms with Crippen LogP contribution in [0.25, 0.3) is 0 Å². The Labute approximate surface area is 220 Å². The predicted octanol–water partition coefficient (Wildman–Crippen LogP) is 2.79. The molecule has 8 nitrogen and oxygen atoms in total. The third-order valence-electron chi connectivity index (χ3n) is 2.52. The third-order valence-corrected chi connectivity index (χ3v) is 2.52. The number of hydrogen-bond acceptors (Lipinski definition) is 7. The molecule has 0 saturated carbocycles. The summed E-state index contributed by atoms with van der Waals surface area (Å²) in [5, 5.41) is 8.48. The van der Waals surface area contributed by atoms with Gasteiger partial charge in [0, 0.05) is 54.2 Å². The molecule has 174 valence electrons. The van der Waals surface area contributed by atoms with Crippen LogP contribution in [0.4, 0.5) is 0 Å². The van der Waals surface area contributed by atoms with Crippen LogP contribution in [0.1, 0.15) is 57.5 Å². The van der Waals surface area contributed by atoms with Gasteiger partial charge in [-0.25, -0.2) is 4.79 Å². The molecule has 0 aliphatic heterocycles. The fourth-order valence-corrected chi connectivity index (χ4v) is 1.55. The molecule has 0 heterocycles. The minimum absolute atomic E-state index is 0. The van der Waals surface area contributed by atoms with Crippen LogP contribution in [-0.4, -0.2) is 45.8 Å². The summed E-state index contributed by atoms with van der Waals surface area (Å²) in [7, 11) is 0. The summed E-state index contributed by atoms with van der Waals surface area (Å²) in [4.78, 5) is 70.2. The minimum atomic E-state index is -0.875. The first-order valence-electron chi connectivity index (χ1n) is 8.96. The number of ketones is 6. The maximum atomic E-state index is 10.3. The summed E-state index contributed by atoms with van der Waals surface area (Å²) in [6.07, 6.45) is 3.17. The molecule has 10 heteroatoms. The van der Waals surface area contributed by atoms with Gasteiger partial charge in [-0.1, -0.05) is 17.7 Å². The number of hydrogen-bond donors (Lipinski definition) is 1. The van der Waals surface area contributed by atoms with E-state index in [1.165, 1.54) is 41.5 Å². The largest absolute Gasteiger partial charge is 2.00 e. The normalized spacial score (nSPS) is 7.73. The Balaban J connectivity index is -0.000000105. The van der Waals surface area contributed by atoms with E-state index in [0.29, 0.717) is 5.56 Å². The van der Waals surface area contributed by atoms with Crippen molar-refractivity contribution in [2.75, 3.05) is 0 Å². The van der Waals surface area contributed by atoms with Crippen molar-refractivity contribution < 1.29 is 77.6 Å². The van der Waals surface area contributed by atoms with Crippen molar-refractivity contribution in [1.29, 1.82) is 0 Å². The van der Waals surface area contributed by atoms with E-state index in [9.17, 15) is 33.6 Å². The van der Waals surface area contributed by atoms with Crippen LogP contribution in [0, 0.1) is 26.2 Å². The number of aromatic carboxylic acids is 1. The maximum Gasteiger partial charge on any atom is 2.00 e. The minimum Gasteiger partial charge on any atom is -0.478 e. The fourth-order valence-electron chi connectivity index (χ4n) is 1.55. The smallest absolute Gasteiger partial charge is 0.478 e. The van der Waals surface area contributed by atoms with Crippen molar-refractivity contribution in [1.82, 2.24) is 0 Å². The molecule has 1 rings (SSSR count). The number of Topliss-reactive ketones (excluding diaryl/α,β-unsaturated/α-hetero) is 6. The molecule has 33 heavy (non-hydrogen) atoms. The van der Waals surface area contributed by atoms with Gasteiger partial charge in [0.2, 0.25) is 0 Å². The molecule has 0 radical (unpaired) electrons. The van der Waals surface area contributed by atoms with Gasteiger partial charge in [0.25, 0.3) is 0 Å². The standard InChI is InChI=1S/C8H8O2.3C5H7O2.2Zn/c1-6-2-4-7(5-3-6)8(9)10;3*1-4(6)3-5(2)7;;/h2-5H,1H3,(H,9,10);3*3H,1-2H3;;/q;3*-1;;+2. The number of aryl methyl sites for hydroxylation is 1. The SMILES string of the molecule is CC(=O)[CH-]C(C)=O.CC(=O)[CH-]C(C)=O.CC(=O)[CH-]C(C)=O.Cc1ccc(C(=O)O)cc1.[Zn+2].[Zn]. The molecule has 0 aliphatic rings. The van der Waals surface area contributed by atoms with Crippen LogP contribution in [0.3, 0.4) is 0 Å². The van der Waals surface area contributed by atoms with Gasteiger partial charge in [0.05, 0.1) is 5.56 Å². The van der Waals surface area contributed by atoms with Gasteiger partial charge in [-0.15, -0.1) is 0 Å². The molecular formula is C23H29O8Zn2-. The number of carboxylic acids is 1. The van der Waals surface area contributed by atoms with E-state index in [0.717, 1.165) is 24.8 Å². The Morgan fingerprint density at radius 3 is 0.909 bits per heavy atom. The van der Waals surface area contributed by atoms with E-state index in [4.69, 9.17) is 5.11 Å². The molecule has 1 aromatic rings. The molecule has 0 aromatic heterocycles. The number of carbonyl (C=O) groups excluding carboxylic acids is 6. The van der Waals surface area contributed by atoms with Crippen molar-refractivity contribution in [3.05, 3.63) is 54.7 Å². The van der Waals surface area contributed by atoms with Crippen molar-refractivity contribution in [3.63, 3.8) is 0 Å². The molecule has 0 bridgehead atoms. The van der Waals surface area contributed by atoms with Crippen LogP contribution < -0.4 is 0 Å². The Morgan fingerprint density at radius 1 is 0.576 bits per heavy atom. The van der Waals surface area contributed by atoms with Gasteiger partial charge in [-0.05, 0) is 60.6 Å². The van der Waals surface area contributed by atoms with Crippen LogP contribution in [0.5, 0.6) is 0 Å². The second-order valence-electron chi connectivity index (χ2n) is 6.27. The zero-order valence-corrected chi connectivity index (χ0v) is 26.2. The predicted molar refractivity (Wildman–Crippen MR) is 115 cm³/mol. The zero-order valence-electron chi connectivity index (χ0n) is 20.3. The van der Waals surface area contributed by atoms with E-state index < -0.39 is 5.97 Å². The molecule has 0 saturated heterocycles. The molecule has 0 atom stereocenters. The zero-order chi connectivity index (χ0) is 25.1. The van der Waals surface area contributed by atoms with Crippen LogP contribution in [-0.2, 0) is 67.7 Å². The number of benzene rings is 1. The summed E-state index contributed by atoms with van der Waals surface area (Å²) >= 11 is 0. The molecule has 0 spiro atoms. The summed E-state index contributed by atoms with van der Waals surface area (Å²) in [6.45, 7) is 10.0. The molecule has 1 aromatic carbocycles. The topological polar surface area (TPSA) is 140 Å². The van der Waals surface area contributed by atoms with Crippen molar-refractivity contribution >= 4 is 40.7 Å². The van der Waals surface area contributed by atoms with Crippen LogP contribution in [0.2, 0.25) is 0 Å². The number of carboxylic acid groups (broad SMARTS) is 1. The fraction of sp³-hybridized carbons (Fsp3) is 0.304. The molecule has 0 aliphatic carbocycles. The van der Waals surface area contributed by atoms with Gasteiger partial charge >= 0.3 is 25.4 Å². The molecule has 1 N–H and O–H groups in total. The second-order valence-corrected chi connectivity index (χ2v) is 6.27. The van der Waals surface area contributed by atoms with Gasteiger partial charge in [0.1, 0.15) is 0 Å². The average Bonchev–Trinajstić information content (AvgIpc) is 2.52. The third kappa shape index (κ3) is 40.5. The van der Waals surface area contributed by atoms with E-state index in [1.54, 1.807) is 24.3 Å². The maximum absolute atomic E-state index is 10.3. The summed E-state index contributed by atoms with van der Waals surface area (Å²) in [5.41, 5.74) is 1.41. The van der Waals surface area contributed by atoms with Gasteiger partial charge in [-0.3, -0.25) is 19.3 Å². The molecular weight excluding hydrogens is 535 g/mol.